The van der Waals surface area contributed by atoms with Crippen LogP contribution in [0.25, 0.3) is 0 Å². The van der Waals surface area contributed by atoms with Gasteiger partial charge in [0.15, 0.2) is 0 Å². The molecule has 0 spiro atoms. The van der Waals surface area contributed by atoms with Gasteiger partial charge in [0.05, 0.1) is 0 Å². The maximum Gasteiger partial charge on any atom is 0.128 e. The van der Waals surface area contributed by atoms with Gasteiger partial charge in [-0.05, 0) is 90.1 Å². The normalized spacial score (nSPS) is 15.2. The third-order valence-electron chi connectivity index (χ3n) is 6.42. The van der Waals surface area contributed by atoms with Gasteiger partial charge in [0.1, 0.15) is 17.5 Å². The van der Waals surface area contributed by atoms with E-state index in [2.05, 4.69) is 29.7 Å². The fourth-order valence-corrected chi connectivity index (χ4v) is 4.74. The highest BCUT2D eigenvalue weighted by molar-refractivity contribution is 5.72. The van der Waals surface area contributed by atoms with E-state index in [0.717, 1.165) is 41.8 Å². The van der Waals surface area contributed by atoms with E-state index in [9.17, 15) is 8.78 Å². The summed E-state index contributed by atoms with van der Waals surface area (Å²) in [4.78, 5) is 5.95. The SMILES string of the molecule is C=C(Nc1ccc(Cc2ccnc(N)c2)c(F)c1)C1=C2CCCC2=CN(c2ccc(F)cc2)C1=C. The second-order valence-corrected chi connectivity index (χ2v) is 8.83. The molecule has 176 valence electrons. The average molecular weight is 469 g/mol. The third kappa shape index (κ3) is 4.60. The lowest BCUT2D eigenvalue weighted by Crippen LogP contribution is -2.23. The van der Waals surface area contributed by atoms with Gasteiger partial charge >= 0.3 is 0 Å². The minimum Gasteiger partial charge on any atom is -0.384 e. The first kappa shape index (κ1) is 22.6. The molecule has 6 heteroatoms. The van der Waals surface area contributed by atoms with Gasteiger partial charge in [0.25, 0.3) is 0 Å². The van der Waals surface area contributed by atoms with E-state index in [-0.39, 0.29) is 11.6 Å². The number of aromatic nitrogens is 1. The number of benzene rings is 2. The summed E-state index contributed by atoms with van der Waals surface area (Å²) in [7, 11) is 0. The van der Waals surface area contributed by atoms with Crippen LogP contribution < -0.4 is 16.0 Å². The van der Waals surface area contributed by atoms with E-state index in [1.54, 1.807) is 30.5 Å². The highest BCUT2D eigenvalue weighted by Crippen LogP contribution is 2.43. The second kappa shape index (κ2) is 9.22. The minimum atomic E-state index is -0.312. The number of anilines is 3. The molecule has 4 nitrogen and oxygen atoms in total. The van der Waals surface area contributed by atoms with Crippen molar-refractivity contribution >= 4 is 17.2 Å². The molecule has 0 saturated heterocycles. The van der Waals surface area contributed by atoms with Crippen molar-refractivity contribution in [3.05, 3.63) is 131 Å². The van der Waals surface area contributed by atoms with Crippen LogP contribution in [-0.2, 0) is 6.42 Å². The van der Waals surface area contributed by atoms with Crippen molar-refractivity contribution in [1.29, 1.82) is 0 Å². The summed E-state index contributed by atoms with van der Waals surface area (Å²) in [6.45, 7) is 8.59. The predicted molar refractivity (Wildman–Crippen MR) is 138 cm³/mol. The summed E-state index contributed by atoms with van der Waals surface area (Å²) in [5, 5.41) is 3.28. The van der Waals surface area contributed by atoms with Gasteiger partial charge in [0.2, 0.25) is 0 Å². The number of hydrogen-bond donors (Lipinski definition) is 2. The number of fused-ring (bicyclic) bond motifs is 1. The number of nitrogens with zero attached hydrogens (tertiary/aromatic N) is 2. The Hall–Kier alpha value is -4.19. The highest BCUT2D eigenvalue weighted by atomic mass is 19.1. The van der Waals surface area contributed by atoms with Crippen LogP contribution in [0.3, 0.4) is 0 Å². The van der Waals surface area contributed by atoms with Crippen LogP contribution >= 0.6 is 0 Å². The Kier molecular flexibility index (Phi) is 5.95. The summed E-state index contributed by atoms with van der Waals surface area (Å²) in [5.74, 6) is -0.187. The molecule has 3 N–H and O–H groups in total. The Morgan fingerprint density at radius 3 is 2.60 bits per heavy atom. The lowest BCUT2D eigenvalue weighted by atomic mass is 9.94. The Morgan fingerprint density at radius 1 is 1.06 bits per heavy atom. The van der Waals surface area contributed by atoms with Crippen molar-refractivity contribution in [3.8, 4) is 0 Å². The summed E-state index contributed by atoms with van der Waals surface area (Å²) in [6.07, 6.45) is 7.06. The number of allylic oxidation sites excluding steroid dienone is 2. The molecule has 3 aromatic rings. The Bertz CT molecular complexity index is 1390. The number of halogens is 2. The van der Waals surface area contributed by atoms with E-state index < -0.39 is 0 Å². The first-order chi connectivity index (χ1) is 16.9. The van der Waals surface area contributed by atoms with Crippen LogP contribution in [-0.4, -0.2) is 4.98 Å². The standard InChI is InChI=1S/C29H26F2N4/c1-18(34-24-9-6-21(27(31)16-24)14-20-12-13-33-28(32)15-20)29-19(2)35(17-22-4-3-5-26(22)29)25-10-7-23(30)8-11-25/h6-13,15-17,34H,1-5,14H2,(H2,32,33). The fourth-order valence-electron chi connectivity index (χ4n) is 4.74. The maximum atomic E-state index is 14.9. The van der Waals surface area contributed by atoms with Crippen molar-refractivity contribution < 1.29 is 8.78 Å². The Labute approximate surface area is 203 Å². The van der Waals surface area contributed by atoms with Crippen LogP contribution in [0.5, 0.6) is 0 Å². The first-order valence-electron chi connectivity index (χ1n) is 11.5. The fraction of sp³-hybridized carbons (Fsp3) is 0.138. The summed E-state index contributed by atoms with van der Waals surface area (Å²) in [5.41, 5.74) is 13.4. The zero-order valence-corrected chi connectivity index (χ0v) is 19.3. The Balaban J connectivity index is 1.38. The number of pyridine rings is 1. The van der Waals surface area contributed by atoms with Crippen LogP contribution in [0, 0.1) is 11.6 Å². The van der Waals surface area contributed by atoms with Crippen LogP contribution in [0.15, 0.2) is 108 Å². The van der Waals surface area contributed by atoms with Gasteiger partial charge in [-0.1, -0.05) is 19.2 Å². The topological polar surface area (TPSA) is 54.2 Å². The number of hydrogen-bond acceptors (Lipinski definition) is 4. The molecular formula is C29H26F2N4. The van der Waals surface area contributed by atoms with Crippen LogP contribution in [0.1, 0.15) is 30.4 Å². The van der Waals surface area contributed by atoms with Gasteiger partial charge < -0.3 is 16.0 Å². The lowest BCUT2D eigenvalue weighted by molar-refractivity contribution is 0.614. The van der Waals surface area contributed by atoms with E-state index in [1.165, 1.54) is 29.3 Å². The monoisotopic (exact) mass is 468 g/mol. The molecule has 0 radical (unpaired) electrons. The smallest absolute Gasteiger partial charge is 0.128 e. The minimum absolute atomic E-state index is 0.287. The van der Waals surface area contributed by atoms with Crippen molar-refractivity contribution in [2.45, 2.75) is 25.7 Å². The number of nitrogen functional groups attached to an aromatic ring is 1. The van der Waals surface area contributed by atoms with Gasteiger partial charge in [0, 0.05) is 47.2 Å². The van der Waals surface area contributed by atoms with Gasteiger partial charge in [-0.15, -0.1) is 0 Å². The number of nitrogens with two attached hydrogens (primary N) is 1. The molecule has 1 aliphatic heterocycles. The van der Waals surface area contributed by atoms with Crippen molar-refractivity contribution in [2.75, 3.05) is 16.0 Å². The molecule has 1 fully saturated rings. The molecule has 35 heavy (non-hydrogen) atoms. The molecule has 1 saturated carbocycles. The van der Waals surface area contributed by atoms with Crippen molar-refractivity contribution in [2.24, 2.45) is 0 Å². The molecule has 2 aromatic carbocycles. The molecular weight excluding hydrogens is 442 g/mol. The van der Waals surface area contributed by atoms with Crippen LogP contribution in [0.2, 0.25) is 0 Å². The molecule has 0 bridgehead atoms. The number of rotatable bonds is 6. The van der Waals surface area contributed by atoms with Gasteiger partial charge in [-0.3, -0.25) is 0 Å². The molecule has 2 aliphatic rings. The first-order valence-corrected chi connectivity index (χ1v) is 11.5. The maximum absolute atomic E-state index is 14.9. The second-order valence-electron chi connectivity index (χ2n) is 8.83. The molecule has 0 atom stereocenters. The lowest BCUT2D eigenvalue weighted by Gasteiger charge is -2.32. The van der Waals surface area contributed by atoms with Crippen LogP contribution in [0.4, 0.5) is 26.0 Å². The zero-order chi connectivity index (χ0) is 24.5. The quantitative estimate of drug-likeness (QED) is 0.415. The number of nitrogens with one attached hydrogen (secondary N) is 1. The molecule has 0 amide bonds. The molecule has 1 aromatic heterocycles. The average Bonchev–Trinajstić information content (AvgIpc) is 3.29. The van der Waals surface area contributed by atoms with E-state index >= 15 is 0 Å². The van der Waals surface area contributed by atoms with E-state index in [1.807, 2.05) is 17.0 Å². The van der Waals surface area contributed by atoms with Crippen molar-refractivity contribution in [1.82, 2.24) is 4.98 Å². The van der Waals surface area contributed by atoms with Gasteiger partial charge in [-0.25, -0.2) is 13.8 Å². The van der Waals surface area contributed by atoms with Crippen molar-refractivity contribution in [3.63, 3.8) is 0 Å². The van der Waals surface area contributed by atoms with Gasteiger partial charge in [-0.2, -0.15) is 0 Å². The third-order valence-corrected chi connectivity index (χ3v) is 6.42. The predicted octanol–water partition coefficient (Wildman–Crippen LogP) is 6.86. The van der Waals surface area contributed by atoms with E-state index in [4.69, 9.17) is 5.73 Å². The largest absolute Gasteiger partial charge is 0.384 e. The summed E-state index contributed by atoms with van der Waals surface area (Å²) >= 11 is 0. The van der Waals surface area contributed by atoms with E-state index in [0.29, 0.717) is 29.2 Å². The molecule has 5 rings (SSSR count). The molecule has 1 aliphatic carbocycles. The highest BCUT2D eigenvalue weighted by Gasteiger charge is 2.29. The molecule has 2 heterocycles. The molecule has 0 unspecified atom stereocenters. The summed E-state index contributed by atoms with van der Waals surface area (Å²) in [6, 6.07) is 15.0. The summed E-state index contributed by atoms with van der Waals surface area (Å²) < 4.78 is 28.4. The zero-order valence-electron chi connectivity index (χ0n) is 19.3. The Morgan fingerprint density at radius 2 is 1.86 bits per heavy atom.